The number of nitrogens with zero attached hydrogens (tertiary/aromatic N) is 3. The van der Waals surface area contributed by atoms with Crippen LogP contribution in [0.5, 0.6) is 0 Å². The van der Waals surface area contributed by atoms with Crippen LogP contribution in [-0.4, -0.2) is 54.1 Å². The first-order valence-corrected chi connectivity index (χ1v) is 7.58. The lowest BCUT2D eigenvalue weighted by Crippen LogP contribution is -2.32. The maximum atomic E-state index is 12.6. The molecule has 2 heterocycles. The molecule has 0 saturated carbocycles. The summed E-state index contributed by atoms with van der Waals surface area (Å²) in [4.78, 5) is 23.1. The molecule has 0 atom stereocenters. The average molecular weight is 292 g/mol. The molecular weight excluding hydrogens is 268 g/mol. The first-order valence-electron chi connectivity index (χ1n) is 7.58. The van der Waals surface area contributed by atoms with Gasteiger partial charge in [-0.15, -0.1) is 0 Å². The minimum Gasteiger partial charge on any atom is -0.383 e. The molecule has 0 bridgehead atoms. The van der Waals surface area contributed by atoms with E-state index in [0.717, 1.165) is 25.9 Å². The second kappa shape index (κ2) is 7.93. The summed E-state index contributed by atoms with van der Waals surface area (Å²) in [7, 11) is 1.65. The van der Waals surface area contributed by atoms with Crippen molar-refractivity contribution in [2.24, 2.45) is 0 Å². The van der Waals surface area contributed by atoms with Crippen LogP contribution in [0.25, 0.3) is 0 Å². The topological polar surface area (TPSA) is 67.3 Å². The smallest absolute Gasteiger partial charge is 0.272 e. The summed E-state index contributed by atoms with van der Waals surface area (Å²) < 4.78 is 5.00. The highest BCUT2D eigenvalue weighted by molar-refractivity contribution is 5.93. The van der Waals surface area contributed by atoms with Crippen molar-refractivity contribution in [3.05, 3.63) is 17.6 Å². The molecule has 0 spiro atoms. The highest BCUT2D eigenvalue weighted by atomic mass is 16.5. The Hall–Kier alpha value is -1.69. The minimum atomic E-state index is 0.0113. The summed E-state index contributed by atoms with van der Waals surface area (Å²) >= 11 is 0. The summed E-state index contributed by atoms with van der Waals surface area (Å²) in [6.07, 6.45) is 4.57. The van der Waals surface area contributed by atoms with Crippen LogP contribution in [-0.2, 0) is 4.74 Å². The molecule has 6 heteroatoms. The van der Waals surface area contributed by atoms with E-state index >= 15 is 0 Å². The Morgan fingerprint density at radius 2 is 2.00 bits per heavy atom. The molecular formula is C15H24N4O2. The number of methoxy groups -OCH3 is 1. The molecule has 0 unspecified atom stereocenters. The molecule has 1 amide bonds. The zero-order valence-corrected chi connectivity index (χ0v) is 12.9. The number of rotatable bonds is 5. The first kappa shape index (κ1) is 15.7. The first-order chi connectivity index (χ1) is 10.2. The van der Waals surface area contributed by atoms with Crippen LogP contribution in [0.4, 0.5) is 5.82 Å². The Balaban J connectivity index is 2.08. The Morgan fingerprint density at radius 1 is 1.29 bits per heavy atom. The van der Waals surface area contributed by atoms with E-state index in [1.54, 1.807) is 20.1 Å². The second-order valence-electron chi connectivity index (χ2n) is 5.31. The van der Waals surface area contributed by atoms with Crippen molar-refractivity contribution in [3.63, 3.8) is 0 Å². The van der Waals surface area contributed by atoms with E-state index in [2.05, 4.69) is 15.3 Å². The number of ether oxygens (including phenoxy) is 1. The van der Waals surface area contributed by atoms with E-state index in [-0.39, 0.29) is 5.91 Å². The lowest BCUT2D eigenvalue weighted by Gasteiger charge is -2.20. The average Bonchev–Trinajstić information content (AvgIpc) is 2.75. The molecule has 1 fully saturated rings. The van der Waals surface area contributed by atoms with Gasteiger partial charge in [0.25, 0.3) is 5.91 Å². The van der Waals surface area contributed by atoms with Crippen LogP contribution in [0.3, 0.4) is 0 Å². The van der Waals surface area contributed by atoms with E-state index in [9.17, 15) is 4.79 Å². The number of hydrogen-bond acceptors (Lipinski definition) is 5. The number of amides is 1. The molecule has 2 rings (SSSR count). The minimum absolute atomic E-state index is 0.0113. The van der Waals surface area contributed by atoms with Gasteiger partial charge >= 0.3 is 0 Å². The highest BCUT2D eigenvalue weighted by Gasteiger charge is 2.19. The van der Waals surface area contributed by atoms with E-state index in [4.69, 9.17) is 4.74 Å². The third-order valence-corrected chi connectivity index (χ3v) is 3.56. The van der Waals surface area contributed by atoms with Crippen molar-refractivity contribution in [2.45, 2.75) is 32.6 Å². The molecule has 1 aromatic heterocycles. The van der Waals surface area contributed by atoms with Crippen molar-refractivity contribution in [2.75, 3.05) is 38.7 Å². The summed E-state index contributed by atoms with van der Waals surface area (Å²) in [6, 6.07) is 1.73. The monoisotopic (exact) mass is 292 g/mol. The van der Waals surface area contributed by atoms with Crippen LogP contribution >= 0.6 is 0 Å². The Morgan fingerprint density at radius 3 is 2.67 bits per heavy atom. The van der Waals surface area contributed by atoms with Crippen molar-refractivity contribution >= 4 is 11.7 Å². The maximum Gasteiger partial charge on any atom is 0.272 e. The summed E-state index contributed by atoms with van der Waals surface area (Å²) in [5.41, 5.74) is 0.476. The Labute approximate surface area is 125 Å². The zero-order chi connectivity index (χ0) is 15.1. The number of anilines is 1. The van der Waals surface area contributed by atoms with E-state index < -0.39 is 0 Å². The number of carbonyl (C=O) groups is 1. The Kier molecular flexibility index (Phi) is 5.92. The maximum absolute atomic E-state index is 12.6. The van der Waals surface area contributed by atoms with Gasteiger partial charge in [0.2, 0.25) is 0 Å². The van der Waals surface area contributed by atoms with Gasteiger partial charge in [-0.1, -0.05) is 12.8 Å². The van der Waals surface area contributed by atoms with Gasteiger partial charge in [0.1, 0.15) is 17.3 Å². The number of aryl methyl sites for hydroxylation is 1. The van der Waals surface area contributed by atoms with Crippen LogP contribution in [0, 0.1) is 6.92 Å². The number of aromatic nitrogens is 2. The number of hydrogen-bond donors (Lipinski definition) is 1. The highest BCUT2D eigenvalue weighted by Crippen LogP contribution is 2.14. The van der Waals surface area contributed by atoms with Crippen LogP contribution in [0.15, 0.2) is 6.07 Å². The molecule has 0 aliphatic carbocycles. The van der Waals surface area contributed by atoms with E-state index in [1.165, 1.54) is 12.8 Å². The summed E-state index contributed by atoms with van der Waals surface area (Å²) in [6.45, 7) is 4.71. The predicted molar refractivity (Wildman–Crippen MR) is 81.5 cm³/mol. The lowest BCUT2D eigenvalue weighted by atomic mass is 10.2. The van der Waals surface area contributed by atoms with Gasteiger partial charge in [-0.3, -0.25) is 4.79 Å². The molecule has 1 aliphatic rings. The third-order valence-electron chi connectivity index (χ3n) is 3.56. The van der Waals surface area contributed by atoms with Gasteiger partial charge in [-0.2, -0.15) is 0 Å². The quantitative estimate of drug-likeness (QED) is 0.839. The standard InChI is InChI=1S/C15H24N4O2/c1-12-17-13(11-14(18-12)16-7-10-21-2)15(20)19-8-5-3-4-6-9-19/h11H,3-10H2,1-2H3,(H,16,17,18). The fraction of sp³-hybridized carbons (Fsp3) is 0.667. The molecule has 116 valence electrons. The number of nitrogens with one attached hydrogen (secondary N) is 1. The predicted octanol–water partition coefficient (Wildman–Crippen LogP) is 1.86. The van der Waals surface area contributed by atoms with Crippen molar-refractivity contribution in [1.82, 2.24) is 14.9 Å². The summed E-state index contributed by atoms with van der Waals surface area (Å²) in [5.74, 6) is 1.30. The number of likely N-dealkylation sites (tertiary alicyclic amines) is 1. The zero-order valence-electron chi connectivity index (χ0n) is 12.9. The summed E-state index contributed by atoms with van der Waals surface area (Å²) in [5, 5.41) is 3.15. The SMILES string of the molecule is COCCNc1cc(C(=O)N2CCCCCC2)nc(C)n1. The van der Waals surface area contributed by atoms with Gasteiger partial charge < -0.3 is 15.0 Å². The van der Waals surface area contributed by atoms with Crippen molar-refractivity contribution < 1.29 is 9.53 Å². The van der Waals surface area contributed by atoms with Gasteiger partial charge in [0, 0.05) is 32.8 Å². The van der Waals surface area contributed by atoms with Gasteiger partial charge in [-0.25, -0.2) is 9.97 Å². The third kappa shape index (κ3) is 4.67. The van der Waals surface area contributed by atoms with Gasteiger partial charge in [0.15, 0.2) is 0 Å². The van der Waals surface area contributed by atoms with Gasteiger partial charge in [-0.05, 0) is 19.8 Å². The lowest BCUT2D eigenvalue weighted by molar-refractivity contribution is 0.0755. The molecule has 1 saturated heterocycles. The number of carbonyl (C=O) groups excluding carboxylic acids is 1. The molecule has 1 aromatic rings. The van der Waals surface area contributed by atoms with Crippen LogP contribution in [0.1, 0.15) is 42.0 Å². The van der Waals surface area contributed by atoms with E-state index in [1.807, 2.05) is 4.90 Å². The normalized spacial score (nSPS) is 15.6. The largest absolute Gasteiger partial charge is 0.383 e. The fourth-order valence-electron chi connectivity index (χ4n) is 2.48. The fourth-order valence-corrected chi connectivity index (χ4v) is 2.48. The van der Waals surface area contributed by atoms with E-state index in [0.29, 0.717) is 30.5 Å². The molecule has 0 aromatic carbocycles. The Bertz CT molecular complexity index is 471. The van der Waals surface area contributed by atoms with Crippen molar-refractivity contribution in [1.29, 1.82) is 0 Å². The molecule has 1 N–H and O–H groups in total. The van der Waals surface area contributed by atoms with Crippen LogP contribution in [0.2, 0.25) is 0 Å². The molecule has 6 nitrogen and oxygen atoms in total. The van der Waals surface area contributed by atoms with Gasteiger partial charge in [0.05, 0.1) is 6.61 Å². The molecule has 1 aliphatic heterocycles. The van der Waals surface area contributed by atoms with Crippen molar-refractivity contribution in [3.8, 4) is 0 Å². The second-order valence-corrected chi connectivity index (χ2v) is 5.31. The van der Waals surface area contributed by atoms with Crippen LogP contribution < -0.4 is 5.32 Å². The molecule has 21 heavy (non-hydrogen) atoms. The molecule has 0 radical (unpaired) electrons.